The number of alkyl halides is 3. The van der Waals surface area contributed by atoms with Crippen molar-refractivity contribution in [3.63, 3.8) is 0 Å². The second kappa shape index (κ2) is 4.02. The van der Waals surface area contributed by atoms with E-state index in [2.05, 4.69) is 15.9 Å². The summed E-state index contributed by atoms with van der Waals surface area (Å²) in [6, 6.07) is 1.42. The van der Waals surface area contributed by atoms with E-state index in [1.165, 1.54) is 6.07 Å². The molecule has 0 spiro atoms. The second-order valence-electron chi connectivity index (χ2n) is 2.73. The summed E-state index contributed by atoms with van der Waals surface area (Å²) in [5.41, 5.74) is 0. The summed E-state index contributed by atoms with van der Waals surface area (Å²) in [7, 11) is 0. The number of aryl methyl sites for hydroxylation is 1. The molecule has 0 fully saturated rings. The minimum Gasteiger partial charge on any atom is -0.293 e. The Morgan fingerprint density at radius 1 is 1.57 bits per heavy atom. The minimum absolute atomic E-state index is 0.145. The van der Waals surface area contributed by atoms with E-state index in [-0.39, 0.29) is 4.88 Å². The topological polar surface area (TPSA) is 17.1 Å². The first kappa shape index (κ1) is 11.7. The summed E-state index contributed by atoms with van der Waals surface area (Å²) >= 11 is 4.21. The van der Waals surface area contributed by atoms with E-state index >= 15 is 0 Å². The summed E-state index contributed by atoms with van der Waals surface area (Å²) < 4.78 is 36.3. The molecule has 1 aromatic heterocycles. The molecule has 78 valence electrons. The molecule has 1 heterocycles. The van der Waals surface area contributed by atoms with Crippen molar-refractivity contribution >= 4 is 33.0 Å². The van der Waals surface area contributed by atoms with Crippen LogP contribution in [0.2, 0.25) is 0 Å². The van der Waals surface area contributed by atoms with Crippen molar-refractivity contribution in [2.45, 2.75) is 19.5 Å². The lowest BCUT2D eigenvalue weighted by molar-refractivity contribution is -0.125. The smallest absolute Gasteiger partial charge is 0.293 e. The third-order valence-corrected chi connectivity index (χ3v) is 3.67. The summed E-state index contributed by atoms with van der Waals surface area (Å²) in [5.74, 6) is -0.878. The molecule has 0 N–H and O–H groups in total. The molecule has 14 heavy (non-hydrogen) atoms. The van der Waals surface area contributed by atoms with Gasteiger partial charge in [-0.1, -0.05) is 0 Å². The molecule has 0 atom stereocenters. The zero-order valence-corrected chi connectivity index (χ0v) is 9.52. The van der Waals surface area contributed by atoms with Crippen LogP contribution in [0.1, 0.15) is 21.0 Å². The zero-order chi connectivity index (χ0) is 10.9. The molecule has 0 aromatic carbocycles. The molecule has 0 bridgehead atoms. The molecular formula is C8H6BrF3OS. The van der Waals surface area contributed by atoms with Gasteiger partial charge in [-0.2, -0.15) is 13.2 Å². The molecule has 0 saturated carbocycles. The fourth-order valence-electron chi connectivity index (χ4n) is 0.866. The van der Waals surface area contributed by atoms with Crippen molar-refractivity contribution in [3.8, 4) is 0 Å². The summed E-state index contributed by atoms with van der Waals surface area (Å²) in [5, 5.41) is 0. The Labute approximate surface area is 91.1 Å². The number of Topliss-reactive ketones (excluding diaryl/α,β-unsaturated/α-hetero) is 1. The van der Waals surface area contributed by atoms with E-state index in [1.54, 1.807) is 6.92 Å². The van der Waals surface area contributed by atoms with Gasteiger partial charge in [0, 0.05) is 9.35 Å². The number of hydrogen-bond acceptors (Lipinski definition) is 2. The molecule has 1 rings (SSSR count). The van der Waals surface area contributed by atoms with E-state index in [9.17, 15) is 18.0 Å². The number of carbonyl (C=O) groups is 1. The van der Waals surface area contributed by atoms with E-state index in [1.807, 2.05) is 0 Å². The molecular weight excluding hydrogens is 281 g/mol. The third-order valence-electron chi connectivity index (χ3n) is 1.49. The highest BCUT2D eigenvalue weighted by Gasteiger charge is 2.32. The molecule has 0 aliphatic heterocycles. The maximum atomic E-state index is 11.9. The first-order valence-electron chi connectivity index (χ1n) is 3.65. The predicted octanol–water partition coefficient (Wildman–Crippen LogP) is 3.95. The standard InChI is InChI=1S/C8H6BrF3OS/c1-4-5(9)2-7(14-4)6(13)3-8(10,11)12/h2H,3H2,1H3. The van der Waals surface area contributed by atoms with Crippen molar-refractivity contribution in [2.75, 3.05) is 0 Å². The van der Waals surface area contributed by atoms with Crippen molar-refractivity contribution < 1.29 is 18.0 Å². The van der Waals surface area contributed by atoms with Crippen LogP contribution in [0.25, 0.3) is 0 Å². The second-order valence-corrected chi connectivity index (χ2v) is 4.84. The first-order valence-corrected chi connectivity index (χ1v) is 5.26. The van der Waals surface area contributed by atoms with Crippen LogP contribution in [0.15, 0.2) is 10.5 Å². The number of halogens is 4. The fraction of sp³-hybridized carbons (Fsp3) is 0.375. The average Bonchev–Trinajstić information content (AvgIpc) is 2.28. The van der Waals surface area contributed by atoms with Gasteiger partial charge in [-0.05, 0) is 28.9 Å². The number of carbonyl (C=O) groups excluding carboxylic acids is 1. The molecule has 0 radical (unpaired) electrons. The van der Waals surface area contributed by atoms with Gasteiger partial charge in [0.15, 0.2) is 5.78 Å². The van der Waals surface area contributed by atoms with Crippen LogP contribution in [0.3, 0.4) is 0 Å². The maximum Gasteiger partial charge on any atom is 0.396 e. The van der Waals surface area contributed by atoms with E-state index in [4.69, 9.17) is 0 Å². The molecule has 6 heteroatoms. The largest absolute Gasteiger partial charge is 0.396 e. The Kier molecular flexibility index (Phi) is 3.36. The lowest BCUT2D eigenvalue weighted by Crippen LogP contribution is -2.13. The number of rotatable bonds is 2. The van der Waals surface area contributed by atoms with Crippen LogP contribution in [-0.2, 0) is 0 Å². The monoisotopic (exact) mass is 286 g/mol. The van der Waals surface area contributed by atoms with Gasteiger partial charge in [0.2, 0.25) is 0 Å². The van der Waals surface area contributed by atoms with Crippen molar-refractivity contribution in [3.05, 3.63) is 20.3 Å². The SMILES string of the molecule is Cc1sc(C(=O)CC(F)(F)F)cc1Br. The number of thiophene rings is 1. The summed E-state index contributed by atoms with van der Waals surface area (Å²) in [4.78, 5) is 12.0. The molecule has 0 saturated heterocycles. The van der Waals surface area contributed by atoms with Gasteiger partial charge in [0.1, 0.15) is 6.42 Å². The Morgan fingerprint density at radius 2 is 2.14 bits per heavy atom. The van der Waals surface area contributed by atoms with Crippen LogP contribution in [0, 0.1) is 6.92 Å². The van der Waals surface area contributed by atoms with E-state index in [0.717, 1.165) is 16.2 Å². The lowest BCUT2D eigenvalue weighted by Gasteiger charge is -2.02. The van der Waals surface area contributed by atoms with Crippen LogP contribution in [0.4, 0.5) is 13.2 Å². The Morgan fingerprint density at radius 3 is 2.50 bits per heavy atom. The first-order chi connectivity index (χ1) is 6.29. The highest BCUT2D eigenvalue weighted by molar-refractivity contribution is 9.10. The van der Waals surface area contributed by atoms with E-state index < -0.39 is 18.4 Å². The predicted molar refractivity (Wildman–Crippen MR) is 51.8 cm³/mol. The van der Waals surface area contributed by atoms with Crippen molar-refractivity contribution in [2.24, 2.45) is 0 Å². The Bertz CT molecular complexity index is 336. The molecule has 0 unspecified atom stereocenters. The molecule has 1 aromatic rings. The minimum atomic E-state index is -4.43. The molecule has 0 amide bonds. The molecule has 1 nitrogen and oxygen atoms in total. The molecule has 0 aliphatic rings. The Balaban J connectivity index is 2.80. The summed E-state index contributed by atoms with van der Waals surface area (Å²) in [6.45, 7) is 1.74. The fourth-order valence-corrected chi connectivity index (χ4v) is 2.34. The van der Waals surface area contributed by atoms with Crippen LogP contribution in [0.5, 0.6) is 0 Å². The van der Waals surface area contributed by atoms with Crippen LogP contribution < -0.4 is 0 Å². The zero-order valence-electron chi connectivity index (χ0n) is 7.11. The van der Waals surface area contributed by atoms with Gasteiger partial charge < -0.3 is 0 Å². The number of hydrogen-bond donors (Lipinski definition) is 0. The molecule has 0 aliphatic carbocycles. The van der Waals surface area contributed by atoms with E-state index in [0.29, 0.717) is 4.47 Å². The highest BCUT2D eigenvalue weighted by atomic mass is 79.9. The van der Waals surface area contributed by atoms with Crippen molar-refractivity contribution in [1.29, 1.82) is 0 Å². The average molecular weight is 287 g/mol. The summed E-state index contributed by atoms with van der Waals surface area (Å²) in [6.07, 6.45) is -5.82. The van der Waals surface area contributed by atoms with Gasteiger partial charge >= 0.3 is 6.18 Å². The number of ketones is 1. The lowest BCUT2D eigenvalue weighted by atomic mass is 10.2. The van der Waals surface area contributed by atoms with Gasteiger partial charge in [-0.15, -0.1) is 11.3 Å². The van der Waals surface area contributed by atoms with Gasteiger partial charge in [-0.3, -0.25) is 4.79 Å². The van der Waals surface area contributed by atoms with Gasteiger partial charge in [0.25, 0.3) is 0 Å². The van der Waals surface area contributed by atoms with Gasteiger partial charge in [0.05, 0.1) is 4.88 Å². The van der Waals surface area contributed by atoms with Crippen molar-refractivity contribution in [1.82, 2.24) is 0 Å². The van der Waals surface area contributed by atoms with Crippen LogP contribution in [-0.4, -0.2) is 12.0 Å². The highest BCUT2D eigenvalue weighted by Crippen LogP contribution is 2.30. The van der Waals surface area contributed by atoms with Gasteiger partial charge in [-0.25, -0.2) is 0 Å². The Hall–Kier alpha value is -0.360. The third kappa shape index (κ3) is 3.09. The quantitative estimate of drug-likeness (QED) is 0.753. The van der Waals surface area contributed by atoms with Crippen LogP contribution >= 0.6 is 27.3 Å². The normalized spacial score (nSPS) is 11.8. The maximum absolute atomic E-state index is 11.9.